The van der Waals surface area contributed by atoms with Gasteiger partial charge >= 0.3 is 0 Å². The first-order valence-corrected chi connectivity index (χ1v) is 25.6. The number of hydrogen-bond acceptors (Lipinski definition) is 12. The van der Waals surface area contributed by atoms with Gasteiger partial charge in [-0.2, -0.15) is 0 Å². The fourth-order valence-electron chi connectivity index (χ4n) is 9.71. The number of carbonyl (C=O) groups is 4. The number of carbonyl (C=O) groups excluding carboxylic acids is 4. The number of aliphatic hydroxyl groups excluding tert-OH is 1. The first-order chi connectivity index (χ1) is 34.5. The normalized spacial score (nSPS) is 16.8. The second-order valence-electron chi connectivity index (χ2n) is 20.3. The van der Waals surface area contributed by atoms with Crippen LogP contribution in [0.3, 0.4) is 0 Å². The van der Waals surface area contributed by atoms with E-state index in [1.165, 1.54) is 4.90 Å². The summed E-state index contributed by atoms with van der Waals surface area (Å²) in [7, 11) is 0. The molecule has 16 heteroatoms. The van der Waals surface area contributed by atoms with Crippen molar-refractivity contribution in [2.24, 2.45) is 11.1 Å². The fourth-order valence-corrected chi connectivity index (χ4v) is 10.5. The molecule has 1 saturated heterocycles. The molecule has 0 radical (unpaired) electrons. The molecule has 3 atom stereocenters. The number of fused-ring (bicyclic) bond motifs is 1. The number of ketones is 1. The molecule has 3 amide bonds. The molecule has 2 fully saturated rings. The SMILES string of the molecule is Cc1ncsc1-c1ccc(CNC(=O)[C@@H]2C[C@@H](O)CN2C(=O)[C@@H](NC(=O)CCC(=O)CCCc2cccc(-c3ccc4nc(-c5cccnc5N)n(-c5ccc(C6(N)CCC6)cc5)c4n3)c2)C(C)(C)C)cc1. The van der Waals surface area contributed by atoms with Crippen LogP contribution in [0.4, 0.5) is 5.82 Å². The standard InChI is InChI=1S/C56H62N10O5S/c1-34-48(72-33-61-34)37-16-14-36(15-17-37)31-60-53(70)46-30-42(68)32-65(46)54(71)49(55(2,3)4)64-47(69)25-22-41(67)12-6-10-35-9-5-11-38(29-35)44-23-24-45-52(62-44)66(51(63-45)43-13-7-28-59-50(43)57)40-20-18-39(19-21-40)56(58)26-8-27-56/h5,7,9,11,13-21,23-24,28-29,33,42,46,49,68H,6,8,10,12,22,25-27,30-32,58H2,1-4H3,(H2,57,59)(H,60,70)(H,64,69)/t42-,46+,49-/m1/s1. The highest BCUT2D eigenvalue weighted by Crippen LogP contribution is 2.40. The summed E-state index contributed by atoms with van der Waals surface area (Å²) in [6.07, 6.45) is 5.35. The third-order valence-electron chi connectivity index (χ3n) is 14.0. The number of nitrogen functional groups attached to an aromatic ring is 1. The Morgan fingerprint density at radius 1 is 0.889 bits per heavy atom. The van der Waals surface area contributed by atoms with Gasteiger partial charge < -0.3 is 32.1 Å². The van der Waals surface area contributed by atoms with E-state index < -0.39 is 35.4 Å². The molecule has 5 heterocycles. The van der Waals surface area contributed by atoms with Crippen molar-refractivity contribution in [2.45, 2.75) is 116 Å². The molecule has 7 aromatic rings. The van der Waals surface area contributed by atoms with Gasteiger partial charge in [-0.25, -0.2) is 19.9 Å². The van der Waals surface area contributed by atoms with E-state index >= 15 is 0 Å². The number of hydrogen-bond donors (Lipinski definition) is 5. The average molecular weight is 987 g/mol. The number of Topliss-reactive ketones (excluding diaryl/α,β-unsaturated/α-hetero) is 1. The maximum Gasteiger partial charge on any atom is 0.246 e. The van der Waals surface area contributed by atoms with Gasteiger partial charge in [-0.3, -0.25) is 23.7 Å². The number of benzene rings is 3. The molecule has 1 aliphatic heterocycles. The van der Waals surface area contributed by atoms with Crippen molar-refractivity contribution >= 4 is 51.8 Å². The lowest BCUT2D eigenvalue weighted by atomic mass is 9.73. The smallest absolute Gasteiger partial charge is 0.246 e. The molecule has 0 unspecified atom stereocenters. The van der Waals surface area contributed by atoms with Gasteiger partial charge in [0.2, 0.25) is 17.7 Å². The molecule has 15 nitrogen and oxygen atoms in total. The predicted octanol–water partition coefficient (Wildman–Crippen LogP) is 7.98. The number of thiazole rings is 1. The van der Waals surface area contributed by atoms with Crippen LogP contribution in [-0.2, 0) is 37.7 Å². The minimum absolute atomic E-state index is 0.0231. The second-order valence-corrected chi connectivity index (χ2v) is 21.2. The molecule has 7 N–H and O–H groups in total. The van der Waals surface area contributed by atoms with Crippen LogP contribution in [0, 0.1) is 12.3 Å². The summed E-state index contributed by atoms with van der Waals surface area (Å²) < 4.78 is 2.01. The Bertz CT molecular complexity index is 3120. The van der Waals surface area contributed by atoms with E-state index in [4.69, 9.17) is 21.4 Å². The lowest BCUT2D eigenvalue weighted by molar-refractivity contribution is -0.144. The van der Waals surface area contributed by atoms with Crippen molar-refractivity contribution < 1.29 is 24.3 Å². The maximum atomic E-state index is 14.1. The fraction of sp³-hybridized carbons (Fsp3) is 0.357. The monoisotopic (exact) mass is 986 g/mol. The number of imidazole rings is 1. The number of nitrogens with two attached hydrogens (primary N) is 2. The number of aliphatic hydroxyl groups is 1. The highest BCUT2D eigenvalue weighted by Gasteiger charge is 2.44. The number of likely N-dealkylation sites (tertiary alicyclic amines) is 1. The third-order valence-corrected chi connectivity index (χ3v) is 15.0. The minimum atomic E-state index is -0.990. The second kappa shape index (κ2) is 20.9. The van der Waals surface area contributed by atoms with Crippen molar-refractivity contribution in [3.8, 4) is 38.8 Å². The summed E-state index contributed by atoms with van der Waals surface area (Å²) in [5.41, 5.74) is 23.5. The van der Waals surface area contributed by atoms with Gasteiger partial charge in [0.15, 0.2) is 11.5 Å². The zero-order valence-corrected chi connectivity index (χ0v) is 42.0. The van der Waals surface area contributed by atoms with Gasteiger partial charge in [-0.15, -0.1) is 11.3 Å². The van der Waals surface area contributed by atoms with E-state index in [1.807, 2.05) is 105 Å². The molecular weight excluding hydrogens is 925 g/mol. The third kappa shape index (κ3) is 10.9. The van der Waals surface area contributed by atoms with Crippen LogP contribution in [0.15, 0.2) is 109 Å². The van der Waals surface area contributed by atoms with Crippen molar-refractivity contribution in [3.63, 3.8) is 0 Å². The molecule has 4 aromatic heterocycles. The van der Waals surface area contributed by atoms with Gasteiger partial charge in [-0.1, -0.05) is 75.4 Å². The van der Waals surface area contributed by atoms with Crippen molar-refractivity contribution in [1.29, 1.82) is 0 Å². The Kier molecular flexibility index (Phi) is 14.5. The predicted molar refractivity (Wildman–Crippen MR) is 280 cm³/mol. The summed E-state index contributed by atoms with van der Waals surface area (Å²) >= 11 is 1.57. The number of nitrogens with one attached hydrogen (secondary N) is 2. The highest BCUT2D eigenvalue weighted by molar-refractivity contribution is 7.13. The van der Waals surface area contributed by atoms with Crippen LogP contribution in [0.2, 0.25) is 0 Å². The lowest BCUT2D eigenvalue weighted by Gasteiger charge is -2.38. The lowest BCUT2D eigenvalue weighted by Crippen LogP contribution is -2.57. The molecule has 372 valence electrons. The Morgan fingerprint density at radius 2 is 1.67 bits per heavy atom. The minimum Gasteiger partial charge on any atom is -0.391 e. The zero-order valence-electron chi connectivity index (χ0n) is 41.2. The van der Waals surface area contributed by atoms with Gasteiger partial charge in [0.05, 0.1) is 33.4 Å². The Labute approximate surface area is 423 Å². The van der Waals surface area contributed by atoms with E-state index in [1.54, 1.807) is 17.5 Å². The molecule has 0 spiro atoms. The maximum absolute atomic E-state index is 14.1. The van der Waals surface area contributed by atoms with Crippen molar-refractivity contribution in [1.82, 2.24) is 40.0 Å². The summed E-state index contributed by atoms with van der Waals surface area (Å²) in [6, 6.07) is 30.0. The Hall–Kier alpha value is -7.14. The molecular formula is C56H62N10O5S. The van der Waals surface area contributed by atoms with E-state index in [9.17, 15) is 24.3 Å². The van der Waals surface area contributed by atoms with Gasteiger partial charge in [0, 0.05) is 61.8 Å². The summed E-state index contributed by atoms with van der Waals surface area (Å²) in [6.45, 7) is 7.68. The first-order valence-electron chi connectivity index (χ1n) is 24.7. The summed E-state index contributed by atoms with van der Waals surface area (Å²) in [4.78, 5) is 75.5. The van der Waals surface area contributed by atoms with Gasteiger partial charge in [0.25, 0.3) is 0 Å². The van der Waals surface area contributed by atoms with Crippen LogP contribution < -0.4 is 22.1 Å². The number of β-amino-alcohol motifs (C(OH)–C–C–N with tert-alkyl or cyclic N) is 1. The quantitative estimate of drug-likeness (QED) is 0.0588. The van der Waals surface area contributed by atoms with E-state index in [-0.39, 0.29) is 56.0 Å². The molecule has 0 bridgehead atoms. The number of nitrogens with zero attached hydrogens (tertiary/aromatic N) is 6. The van der Waals surface area contributed by atoms with Crippen LogP contribution in [0.25, 0.3) is 49.9 Å². The largest absolute Gasteiger partial charge is 0.391 e. The molecule has 1 aliphatic carbocycles. The number of anilines is 1. The molecule has 3 aromatic carbocycles. The van der Waals surface area contributed by atoms with Crippen molar-refractivity contribution in [2.75, 3.05) is 12.3 Å². The number of pyridine rings is 2. The summed E-state index contributed by atoms with van der Waals surface area (Å²) in [5, 5.41) is 16.5. The van der Waals surface area contributed by atoms with Crippen LogP contribution >= 0.6 is 11.3 Å². The summed E-state index contributed by atoms with van der Waals surface area (Å²) in [5.74, 6) is -0.322. The van der Waals surface area contributed by atoms with Crippen LogP contribution in [0.1, 0.15) is 94.5 Å². The molecule has 9 rings (SSSR count). The number of rotatable bonds is 17. The van der Waals surface area contributed by atoms with E-state index in [2.05, 4.69) is 50.9 Å². The van der Waals surface area contributed by atoms with Gasteiger partial charge in [-0.05, 0) is 109 Å². The Balaban J connectivity index is 0.796. The number of aryl methyl sites for hydroxylation is 2. The number of aromatic nitrogens is 5. The molecule has 72 heavy (non-hydrogen) atoms. The molecule has 1 saturated carbocycles. The van der Waals surface area contributed by atoms with Gasteiger partial charge in [0.1, 0.15) is 29.2 Å². The topological polar surface area (TPSA) is 224 Å². The zero-order chi connectivity index (χ0) is 50.7. The average Bonchev–Trinajstić information content (AvgIpc) is 4.09. The van der Waals surface area contributed by atoms with Crippen LogP contribution in [-0.4, -0.2) is 82.7 Å². The molecule has 2 aliphatic rings. The van der Waals surface area contributed by atoms with Crippen molar-refractivity contribution in [3.05, 3.63) is 131 Å². The Morgan fingerprint density at radius 3 is 2.36 bits per heavy atom. The van der Waals surface area contributed by atoms with E-state index in [0.29, 0.717) is 41.2 Å². The van der Waals surface area contributed by atoms with E-state index in [0.717, 1.165) is 69.0 Å². The highest BCUT2D eigenvalue weighted by atomic mass is 32.1. The first kappa shape index (κ1) is 49.8. The van der Waals surface area contributed by atoms with Crippen LogP contribution in [0.5, 0.6) is 0 Å². The number of amides is 3.